The molecule has 0 aliphatic carbocycles. The molecule has 0 unspecified atom stereocenters. The van der Waals surface area contributed by atoms with E-state index in [0.717, 1.165) is 11.1 Å². The molecule has 0 spiro atoms. The highest BCUT2D eigenvalue weighted by atomic mass is 16.6. The molecule has 1 amide bonds. The molecule has 0 aliphatic heterocycles. The zero-order valence-electron chi connectivity index (χ0n) is 13.4. The minimum absolute atomic E-state index is 0.0812. The van der Waals surface area contributed by atoms with Crippen LogP contribution in [-0.2, 0) is 4.79 Å². The number of nitro groups is 1. The predicted octanol–water partition coefficient (Wildman–Crippen LogP) is 2.74. The van der Waals surface area contributed by atoms with Crippen molar-refractivity contribution in [1.82, 2.24) is 5.43 Å². The molecular formula is C17H17N3O4. The van der Waals surface area contributed by atoms with Gasteiger partial charge in [0.1, 0.15) is 5.75 Å². The lowest BCUT2D eigenvalue weighted by Crippen LogP contribution is -2.25. The first-order valence-electron chi connectivity index (χ1n) is 7.23. The van der Waals surface area contributed by atoms with E-state index in [2.05, 4.69) is 10.5 Å². The van der Waals surface area contributed by atoms with Gasteiger partial charge in [0.25, 0.3) is 11.6 Å². The highest BCUT2D eigenvalue weighted by Gasteiger charge is 2.10. The Balaban J connectivity index is 1.93. The monoisotopic (exact) mass is 327 g/mol. The van der Waals surface area contributed by atoms with Gasteiger partial charge in [0.15, 0.2) is 6.61 Å². The van der Waals surface area contributed by atoms with E-state index in [1.54, 1.807) is 18.2 Å². The number of hydrogen-bond donors (Lipinski definition) is 1. The van der Waals surface area contributed by atoms with E-state index in [1.807, 2.05) is 32.0 Å². The molecule has 0 saturated carbocycles. The first-order valence-corrected chi connectivity index (χ1v) is 7.23. The zero-order valence-corrected chi connectivity index (χ0v) is 13.4. The second-order valence-corrected chi connectivity index (χ2v) is 5.12. The first kappa shape index (κ1) is 17.1. The number of nitrogens with zero attached hydrogens (tertiary/aromatic N) is 2. The Hall–Kier alpha value is -3.22. The van der Waals surface area contributed by atoms with Gasteiger partial charge in [-0.15, -0.1) is 0 Å². The minimum Gasteiger partial charge on any atom is -0.483 e. The van der Waals surface area contributed by atoms with Gasteiger partial charge in [-0.1, -0.05) is 30.3 Å². The smallest absolute Gasteiger partial charge is 0.278 e. The van der Waals surface area contributed by atoms with Crippen LogP contribution < -0.4 is 10.2 Å². The van der Waals surface area contributed by atoms with Crippen LogP contribution in [0.4, 0.5) is 5.69 Å². The fraction of sp³-hybridized carbons (Fsp3) is 0.176. The summed E-state index contributed by atoms with van der Waals surface area (Å²) in [6.45, 7) is 3.60. The number of nitrogens with one attached hydrogen (secondary N) is 1. The lowest BCUT2D eigenvalue weighted by molar-refractivity contribution is -0.385. The van der Waals surface area contributed by atoms with Crippen molar-refractivity contribution in [2.75, 3.05) is 6.61 Å². The standard InChI is InChI=1S/C17H17N3O4/c1-12-6-5-7-13(2)17(12)24-11-16(21)19-18-10-14-8-3-4-9-15(14)20(22)23/h3-10H,11H2,1-2H3,(H,19,21)/b18-10+. The summed E-state index contributed by atoms with van der Waals surface area (Å²) in [6.07, 6.45) is 1.23. The summed E-state index contributed by atoms with van der Waals surface area (Å²) < 4.78 is 5.50. The molecule has 0 aliphatic rings. The third kappa shape index (κ3) is 4.39. The Bertz CT molecular complexity index is 767. The van der Waals surface area contributed by atoms with E-state index >= 15 is 0 Å². The molecule has 0 fully saturated rings. The first-order chi connectivity index (χ1) is 11.5. The van der Waals surface area contributed by atoms with Crippen LogP contribution in [0.1, 0.15) is 16.7 Å². The highest BCUT2D eigenvalue weighted by Crippen LogP contribution is 2.22. The van der Waals surface area contributed by atoms with Gasteiger partial charge in [-0.3, -0.25) is 14.9 Å². The van der Waals surface area contributed by atoms with Crippen LogP contribution in [0, 0.1) is 24.0 Å². The van der Waals surface area contributed by atoms with Crippen molar-refractivity contribution in [3.05, 3.63) is 69.3 Å². The number of nitro benzene ring substituents is 1. The topological polar surface area (TPSA) is 93.8 Å². The van der Waals surface area contributed by atoms with E-state index in [9.17, 15) is 14.9 Å². The summed E-state index contributed by atoms with van der Waals surface area (Å²) in [7, 11) is 0. The molecule has 2 rings (SSSR count). The maximum Gasteiger partial charge on any atom is 0.278 e. The van der Waals surface area contributed by atoms with Crippen molar-refractivity contribution in [1.29, 1.82) is 0 Å². The maximum atomic E-state index is 11.8. The molecule has 0 aromatic heterocycles. The van der Waals surface area contributed by atoms with Gasteiger partial charge in [0.2, 0.25) is 0 Å². The summed E-state index contributed by atoms with van der Waals surface area (Å²) in [6, 6.07) is 11.8. The number of carbonyl (C=O) groups is 1. The molecule has 1 N–H and O–H groups in total. The van der Waals surface area contributed by atoms with Gasteiger partial charge >= 0.3 is 0 Å². The molecule has 0 saturated heterocycles. The summed E-state index contributed by atoms with van der Waals surface area (Å²) in [5.74, 6) is 0.211. The molecule has 7 heteroatoms. The number of hydrazone groups is 1. The quantitative estimate of drug-likeness (QED) is 0.501. The number of ether oxygens (including phenoxy) is 1. The SMILES string of the molecule is Cc1cccc(C)c1OCC(=O)N/N=C/c1ccccc1[N+](=O)[O-]. The normalized spacial score (nSPS) is 10.6. The summed E-state index contributed by atoms with van der Waals surface area (Å²) >= 11 is 0. The second-order valence-electron chi connectivity index (χ2n) is 5.12. The molecule has 0 bridgehead atoms. The van der Waals surface area contributed by atoms with Crippen molar-refractivity contribution in [2.24, 2.45) is 5.10 Å². The Labute approximate surface area is 139 Å². The Kier molecular flexibility index (Phi) is 5.62. The molecular weight excluding hydrogens is 310 g/mol. The van der Waals surface area contributed by atoms with Gasteiger partial charge in [0.05, 0.1) is 16.7 Å². The van der Waals surface area contributed by atoms with Crippen LogP contribution in [0.15, 0.2) is 47.6 Å². The molecule has 0 atom stereocenters. The third-order valence-electron chi connectivity index (χ3n) is 3.28. The number of carbonyl (C=O) groups excluding carboxylic acids is 1. The van der Waals surface area contributed by atoms with E-state index in [0.29, 0.717) is 11.3 Å². The largest absolute Gasteiger partial charge is 0.483 e. The average molecular weight is 327 g/mol. The molecule has 124 valence electrons. The van der Waals surface area contributed by atoms with Crippen molar-refractivity contribution in [3.63, 3.8) is 0 Å². The van der Waals surface area contributed by atoms with Crippen LogP contribution in [0.3, 0.4) is 0 Å². The van der Waals surface area contributed by atoms with Crippen molar-refractivity contribution >= 4 is 17.8 Å². The summed E-state index contributed by atoms with van der Waals surface area (Å²) in [5, 5.41) is 14.6. The number of amides is 1. The number of aryl methyl sites for hydroxylation is 2. The molecule has 2 aromatic rings. The average Bonchev–Trinajstić information content (AvgIpc) is 2.54. The number of rotatable bonds is 6. The van der Waals surface area contributed by atoms with Crippen LogP contribution in [-0.4, -0.2) is 23.7 Å². The van der Waals surface area contributed by atoms with Gasteiger partial charge in [-0.2, -0.15) is 5.10 Å². The zero-order chi connectivity index (χ0) is 17.5. The van der Waals surface area contributed by atoms with Crippen molar-refractivity contribution in [2.45, 2.75) is 13.8 Å². The van der Waals surface area contributed by atoms with E-state index in [4.69, 9.17) is 4.74 Å². The lowest BCUT2D eigenvalue weighted by atomic mass is 10.1. The highest BCUT2D eigenvalue weighted by molar-refractivity contribution is 5.86. The molecule has 7 nitrogen and oxygen atoms in total. The van der Waals surface area contributed by atoms with Gasteiger partial charge < -0.3 is 4.74 Å². The summed E-state index contributed by atoms with van der Waals surface area (Å²) in [5.41, 5.74) is 4.38. The molecule has 24 heavy (non-hydrogen) atoms. The van der Waals surface area contributed by atoms with Crippen molar-refractivity contribution in [3.8, 4) is 5.75 Å². The van der Waals surface area contributed by atoms with Crippen LogP contribution in [0.5, 0.6) is 5.75 Å². The fourth-order valence-electron chi connectivity index (χ4n) is 2.13. The van der Waals surface area contributed by atoms with Crippen LogP contribution in [0.2, 0.25) is 0 Å². The third-order valence-corrected chi connectivity index (χ3v) is 3.28. The number of hydrogen-bond acceptors (Lipinski definition) is 5. The lowest BCUT2D eigenvalue weighted by Gasteiger charge is -2.10. The van der Waals surface area contributed by atoms with Gasteiger partial charge in [-0.05, 0) is 31.0 Å². The fourth-order valence-corrected chi connectivity index (χ4v) is 2.13. The minimum atomic E-state index is -0.507. The van der Waals surface area contributed by atoms with E-state index in [1.165, 1.54) is 12.3 Å². The summed E-state index contributed by atoms with van der Waals surface area (Å²) in [4.78, 5) is 22.1. The van der Waals surface area contributed by atoms with E-state index in [-0.39, 0.29) is 12.3 Å². The molecule has 2 aromatic carbocycles. The Morgan fingerprint density at radius 1 is 1.21 bits per heavy atom. The van der Waals surface area contributed by atoms with E-state index < -0.39 is 10.8 Å². The second kappa shape index (κ2) is 7.87. The van der Waals surface area contributed by atoms with Gasteiger partial charge in [0, 0.05) is 6.07 Å². The Morgan fingerprint density at radius 2 is 1.88 bits per heavy atom. The number of para-hydroxylation sites is 2. The maximum absolute atomic E-state index is 11.8. The van der Waals surface area contributed by atoms with Crippen molar-refractivity contribution < 1.29 is 14.5 Å². The Morgan fingerprint density at radius 3 is 2.54 bits per heavy atom. The van der Waals surface area contributed by atoms with Crippen LogP contribution >= 0.6 is 0 Å². The van der Waals surface area contributed by atoms with Gasteiger partial charge in [-0.25, -0.2) is 5.43 Å². The molecule has 0 heterocycles. The molecule has 0 radical (unpaired) electrons. The van der Waals surface area contributed by atoms with Crippen LogP contribution in [0.25, 0.3) is 0 Å². The predicted molar refractivity (Wildman–Crippen MR) is 90.2 cm³/mol. The number of benzene rings is 2.